The molecule has 0 N–H and O–H groups in total. The topological polar surface area (TPSA) is 38.1 Å². The summed E-state index contributed by atoms with van der Waals surface area (Å²) in [5, 5.41) is 0. The normalized spacial score (nSPS) is 16.2. The van der Waals surface area contributed by atoms with Crippen molar-refractivity contribution in [3.8, 4) is 0 Å². The number of imidazole rings is 1. The number of rotatable bonds is 3. The van der Waals surface area contributed by atoms with Crippen molar-refractivity contribution in [3.05, 3.63) is 83.9 Å². The van der Waals surface area contributed by atoms with E-state index in [4.69, 9.17) is 0 Å². The van der Waals surface area contributed by atoms with Crippen LogP contribution in [0.2, 0.25) is 0 Å². The highest BCUT2D eigenvalue weighted by molar-refractivity contribution is 6.07. The van der Waals surface area contributed by atoms with Gasteiger partial charge in [-0.05, 0) is 42.7 Å². The molecule has 0 fully saturated rings. The van der Waals surface area contributed by atoms with E-state index in [1.54, 1.807) is 12.5 Å². The molecule has 0 saturated carbocycles. The Kier molecular flexibility index (Phi) is 3.65. The van der Waals surface area contributed by atoms with Crippen LogP contribution in [0.25, 0.3) is 0 Å². The van der Waals surface area contributed by atoms with Crippen molar-refractivity contribution >= 4 is 11.6 Å². The number of amides is 1. The zero-order chi connectivity index (χ0) is 16.5. The minimum absolute atomic E-state index is 0.0710. The molecule has 2 heterocycles. The zero-order valence-electron chi connectivity index (χ0n) is 13.6. The minimum Gasteiger partial charge on any atom is -0.333 e. The maximum absolute atomic E-state index is 13.0. The van der Waals surface area contributed by atoms with E-state index in [1.807, 2.05) is 58.1 Å². The maximum atomic E-state index is 13.0. The first kappa shape index (κ1) is 14.7. The summed E-state index contributed by atoms with van der Waals surface area (Å²) < 4.78 is 2.01. The lowest BCUT2D eigenvalue weighted by Gasteiger charge is -2.23. The van der Waals surface area contributed by atoms with Gasteiger partial charge in [0.2, 0.25) is 0 Å². The van der Waals surface area contributed by atoms with Crippen LogP contribution in [0.1, 0.15) is 28.4 Å². The maximum Gasteiger partial charge on any atom is 0.258 e. The Bertz CT molecular complexity index is 853. The average Bonchev–Trinajstić information content (AvgIpc) is 3.21. The zero-order valence-corrected chi connectivity index (χ0v) is 13.6. The van der Waals surface area contributed by atoms with Crippen molar-refractivity contribution in [2.24, 2.45) is 0 Å². The molecule has 0 saturated heterocycles. The summed E-state index contributed by atoms with van der Waals surface area (Å²) >= 11 is 0. The number of para-hydroxylation sites is 1. The molecule has 4 heteroatoms. The molecule has 1 aromatic heterocycles. The van der Waals surface area contributed by atoms with Crippen LogP contribution < -0.4 is 4.90 Å². The van der Waals surface area contributed by atoms with Gasteiger partial charge in [-0.15, -0.1) is 0 Å². The fourth-order valence-electron chi connectivity index (χ4n) is 3.36. The molecule has 0 bridgehead atoms. The first-order valence-corrected chi connectivity index (χ1v) is 8.18. The standard InChI is InChI=1S/C20H19N3O/c1-15-12-18-4-2-3-5-19(18)23(15)20(24)17-8-6-16(7-9-17)13-22-11-10-21-14-22/h2-11,14-15H,12-13H2,1H3. The first-order valence-electron chi connectivity index (χ1n) is 8.18. The molecule has 1 aliphatic rings. The van der Waals surface area contributed by atoms with Gasteiger partial charge in [0.1, 0.15) is 0 Å². The molecule has 1 unspecified atom stereocenters. The molecule has 0 radical (unpaired) electrons. The number of hydrogen-bond donors (Lipinski definition) is 0. The SMILES string of the molecule is CC1Cc2ccccc2N1C(=O)c1ccc(Cn2ccnc2)cc1. The third-order valence-electron chi connectivity index (χ3n) is 4.55. The number of aromatic nitrogens is 2. The molecular weight excluding hydrogens is 298 g/mol. The highest BCUT2D eigenvalue weighted by atomic mass is 16.2. The van der Waals surface area contributed by atoms with E-state index in [0.29, 0.717) is 0 Å². The van der Waals surface area contributed by atoms with Crippen LogP contribution in [0.15, 0.2) is 67.3 Å². The third kappa shape index (κ3) is 2.60. The summed E-state index contributed by atoms with van der Waals surface area (Å²) in [7, 11) is 0. The van der Waals surface area contributed by atoms with Crippen LogP contribution >= 0.6 is 0 Å². The van der Waals surface area contributed by atoms with Crippen molar-refractivity contribution in [1.82, 2.24) is 9.55 Å². The van der Waals surface area contributed by atoms with Gasteiger partial charge in [-0.25, -0.2) is 4.98 Å². The molecule has 0 aliphatic carbocycles. The lowest BCUT2D eigenvalue weighted by atomic mass is 10.1. The van der Waals surface area contributed by atoms with Crippen molar-refractivity contribution in [3.63, 3.8) is 0 Å². The quantitative estimate of drug-likeness (QED) is 0.741. The van der Waals surface area contributed by atoms with Gasteiger partial charge in [-0.1, -0.05) is 30.3 Å². The van der Waals surface area contributed by atoms with Gasteiger partial charge in [0.05, 0.1) is 6.33 Å². The molecule has 1 amide bonds. The second-order valence-electron chi connectivity index (χ2n) is 6.29. The van der Waals surface area contributed by atoms with Gasteiger partial charge in [0.15, 0.2) is 0 Å². The third-order valence-corrected chi connectivity index (χ3v) is 4.55. The van der Waals surface area contributed by atoms with Gasteiger partial charge < -0.3 is 9.47 Å². The fraction of sp³-hybridized carbons (Fsp3) is 0.200. The van der Waals surface area contributed by atoms with E-state index in [0.717, 1.165) is 29.8 Å². The van der Waals surface area contributed by atoms with Crippen LogP contribution in [-0.2, 0) is 13.0 Å². The molecular formula is C20H19N3O. The lowest BCUT2D eigenvalue weighted by molar-refractivity contribution is 0.0981. The number of carbonyl (C=O) groups excluding carboxylic acids is 1. The lowest BCUT2D eigenvalue weighted by Crippen LogP contribution is -2.35. The molecule has 4 nitrogen and oxygen atoms in total. The highest BCUT2D eigenvalue weighted by Gasteiger charge is 2.31. The number of anilines is 1. The molecule has 120 valence electrons. The first-order chi connectivity index (χ1) is 11.7. The summed E-state index contributed by atoms with van der Waals surface area (Å²) in [5.74, 6) is 0.0710. The molecule has 1 atom stereocenters. The van der Waals surface area contributed by atoms with E-state index in [-0.39, 0.29) is 11.9 Å². The van der Waals surface area contributed by atoms with Gasteiger partial charge in [0.25, 0.3) is 5.91 Å². The molecule has 1 aliphatic heterocycles. The smallest absolute Gasteiger partial charge is 0.258 e. The fourth-order valence-corrected chi connectivity index (χ4v) is 3.36. The number of carbonyl (C=O) groups is 1. The second kappa shape index (κ2) is 5.96. The van der Waals surface area contributed by atoms with Crippen molar-refractivity contribution in [2.45, 2.75) is 25.9 Å². The Morgan fingerprint density at radius 3 is 2.71 bits per heavy atom. The van der Waals surface area contributed by atoms with Gasteiger partial charge in [-0.3, -0.25) is 4.79 Å². The van der Waals surface area contributed by atoms with Crippen LogP contribution in [0.3, 0.4) is 0 Å². The average molecular weight is 317 g/mol. The van der Waals surface area contributed by atoms with Crippen LogP contribution in [0.5, 0.6) is 0 Å². The summed E-state index contributed by atoms with van der Waals surface area (Å²) in [6.45, 7) is 2.86. The Morgan fingerprint density at radius 2 is 1.96 bits per heavy atom. The van der Waals surface area contributed by atoms with Crippen LogP contribution in [0, 0.1) is 0 Å². The molecule has 0 spiro atoms. The summed E-state index contributed by atoms with van der Waals surface area (Å²) in [6.07, 6.45) is 6.41. The summed E-state index contributed by atoms with van der Waals surface area (Å²) in [4.78, 5) is 18.9. The highest BCUT2D eigenvalue weighted by Crippen LogP contribution is 2.33. The number of nitrogens with zero attached hydrogens (tertiary/aromatic N) is 3. The van der Waals surface area contributed by atoms with Crippen molar-refractivity contribution in [2.75, 3.05) is 4.90 Å². The Balaban J connectivity index is 1.56. The molecule has 24 heavy (non-hydrogen) atoms. The van der Waals surface area contributed by atoms with E-state index in [2.05, 4.69) is 18.0 Å². The predicted molar refractivity (Wildman–Crippen MR) is 94.2 cm³/mol. The van der Waals surface area contributed by atoms with E-state index in [9.17, 15) is 4.79 Å². The van der Waals surface area contributed by atoms with Gasteiger partial charge in [0, 0.05) is 36.2 Å². The largest absolute Gasteiger partial charge is 0.333 e. The van der Waals surface area contributed by atoms with Gasteiger partial charge in [-0.2, -0.15) is 0 Å². The predicted octanol–water partition coefficient (Wildman–Crippen LogP) is 3.52. The monoisotopic (exact) mass is 317 g/mol. The molecule has 2 aromatic carbocycles. The molecule has 3 aromatic rings. The van der Waals surface area contributed by atoms with Crippen molar-refractivity contribution < 1.29 is 4.79 Å². The Labute approximate surface area is 141 Å². The van der Waals surface area contributed by atoms with E-state index < -0.39 is 0 Å². The van der Waals surface area contributed by atoms with Crippen LogP contribution in [-0.4, -0.2) is 21.5 Å². The van der Waals surface area contributed by atoms with E-state index in [1.165, 1.54) is 5.56 Å². The second-order valence-corrected chi connectivity index (χ2v) is 6.29. The number of fused-ring (bicyclic) bond motifs is 1. The van der Waals surface area contributed by atoms with Crippen LogP contribution in [0.4, 0.5) is 5.69 Å². The minimum atomic E-state index is 0.0710. The number of benzene rings is 2. The Morgan fingerprint density at radius 1 is 1.17 bits per heavy atom. The van der Waals surface area contributed by atoms with Gasteiger partial charge >= 0.3 is 0 Å². The number of hydrogen-bond acceptors (Lipinski definition) is 2. The summed E-state index contributed by atoms with van der Waals surface area (Å²) in [6, 6.07) is 16.2. The summed E-state index contributed by atoms with van der Waals surface area (Å²) in [5.41, 5.74) is 4.17. The van der Waals surface area contributed by atoms with Crippen molar-refractivity contribution in [1.29, 1.82) is 0 Å². The Hall–Kier alpha value is -2.88. The molecule has 4 rings (SSSR count). The van der Waals surface area contributed by atoms with E-state index >= 15 is 0 Å².